The standard InChI is InChI=1S/C36H49N7O7/c1-6-41(7-2)32(46)29-28(23-16-12-11-13-17-23)39-43(40-29)25-20-27-30(44)38-36(33(47)48)21-24(36)18-14-9-8-10-15-19-26(31(45)42(27)22-25)37-34(49)50-35(3,4)5/h11-14,16-18,24-27H,6-10,15,19-22H2,1-5H3,(H,37,49)(H,38,44)(H,47,48)/b18-14-/t24?,25-,26?,27?,36?/m1/s1. The van der Waals surface area contributed by atoms with Gasteiger partial charge in [0.25, 0.3) is 5.91 Å². The van der Waals surface area contributed by atoms with Gasteiger partial charge in [0.15, 0.2) is 5.69 Å². The summed E-state index contributed by atoms with van der Waals surface area (Å²) in [6, 6.07) is 6.49. The first kappa shape index (κ1) is 36.5. The molecule has 4 amide bonds. The summed E-state index contributed by atoms with van der Waals surface area (Å²) in [4.78, 5) is 72.0. The maximum absolute atomic E-state index is 14.4. The summed E-state index contributed by atoms with van der Waals surface area (Å²) in [5.74, 6) is -2.90. The molecule has 14 nitrogen and oxygen atoms in total. The molecule has 0 radical (unpaired) electrons. The largest absolute Gasteiger partial charge is 0.479 e. The summed E-state index contributed by atoms with van der Waals surface area (Å²) >= 11 is 0. The number of carbonyl (C=O) groups excluding carboxylic acids is 4. The Morgan fingerprint density at radius 1 is 1.08 bits per heavy atom. The zero-order valence-electron chi connectivity index (χ0n) is 29.6. The molecule has 1 saturated heterocycles. The van der Waals surface area contributed by atoms with Crippen LogP contribution in [0.5, 0.6) is 0 Å². The number of nitrogens with zero attached hydrogens (tertiary/aromatic N) is 5. The van der Waals surface area contributed by atoms with Crippen molar-refractivity contribution in [1.29, 1.82) is 0 Å². The van der Waals surface area contributed by atoms with Gasteiger partial charge in [-0.1, -0.05) is 55.3 Å². The number of nitrogens with one attached hydrogen (secondary N) is 2. The molecule has 1 aromatic carbocycles. The molecule has 5 rings (SSSR count). The number of carbonyl (C=O) groups is 5. The maximum Gasteiger partial charge on any atom is 0.408 e. The topological polar surface area (TPSA) is 176 Å². The molecule has 3 aliphatic rings. The number of alkyl carbamates (subject to hydrolysis) is 1. The minimum Gasteiger partial charge on any atom is -0.479 e. The van der Waals surface area contributed by atoms with Crippen molar-refractivity contribution >= 4 is 29.8 Å². The Kier molecular flexibility index (Phi) is 11.0. The van der Waals surface area contributed by atoms with E-state index in [1.54, 1.807) is 25.7 Å². The van der Waals surface area contributed by atoms with Crippen LogP contribution in [0.2, 0.25) is 0 Å². The minimum absolute atomic E-state index is 0.00533. The molecule has 50 heavy (non-hydrogen) atoms. The Morgan fingerprint density at radius 2 is 1.80 bits per heavy atom. The fraction of sp³-hybridized carbons (Fsp3) is 0.583. The number of aliphatic carboxylic acids is 1. The van der Waals surface area contributed by atoms with Gasteiger partial charge in [-0.3, -0.25) is 14.4 Å². The molecule has 1 aliphatic carbocycles. The van der Waals surface area contributed by atoms with Gasteiger partial charge in [-0.25, -0.2) is 9.59 Å². The van der Waals surface area contributed by atoms with Crippen molar-refractivity contribution in [3.05, 3.63) is 48.2 Å². The normalized spacial score (nSPS) is 26.4. The van der Waals surface area contributed by atoms with Crippen molar-refractivity contribution in [1.82, 2.24) is 35.4 Å². The van der Waals surface area contributed by atoms with Gasteiger partial charge >= 0.3 is 12.1 Å². The Bertz CT molecular complexity index is 1610. The van der Waals surface area contributed by atoms with E-state index in [4.69, 9.17) is 9.84 Å². The fourth-order valence-corrected chi connectivity index (χ4v) is 6.78. The first-order valence-electron chi connectivity index (χ1n) is 17.6. The molecule has 3 N–H and O–H groups in total. The van der Waals surface area contributed by atoms with Gasteiger partial charge < -0.3 is 30.3 Å². The van der Waals surface area contributed by atoms with E-state index in [-0.39, 0.29) is 36.9 Å². The SMILES string of the molecule is CCN(CC)C(=O)c1nn([C@@H]2CC3C(=O)NC4(C(=O)O)CC4/C=C\CCCCCC(NC(=O)OC(C)(C)C)C(=O)N3C2)nc1-c1ccccc1. The predicted molar refractivity (Wildman–Crippen MR) is 184 cm³/mol. The number of amides is 4. The molecule has 5 atom stereocenters. The van der Waals surface area contributed by atoms with E-state index in [0.717, 1.165) is 19.3 Å². The third-order valence-electron chi connectivity index (χ3n) is 9.58. The highest BCUT2D eigenvalue weighted by Crippen LogP contribution is 2.45. The lowest BCUT2D eigenvalue weighted by Crippen LogP contribution is -2.56. The molecule has 2 aromatic rings. The molecule has 270 valence electrons. The molecule has 14 heteroatoms. The molecule has 1 saturated carbocycles. The summed E-state index contributed by atoms with van der Waals surface area (Å²) in [5, 5.41) is 25.1. The van der Waals surface area contributed by atoms with Crippen molar-refractivity contribution in [3.8, 4) is 11.3 Å². The second-order valence-electron chi connectivity index (χ2n) is 14.3. The van der Waals surface area contributed by atoms with Crippen molar-refractivity contribution < 1.29 is 33.8 Å². The van der Waals surface area contributed by atoms with E-state index in [2.05, 4.69) is 15.7 Å². The third-order valence-corrected chi connectivity index (χ3v) is 9.58. The summed E-state index contributed by atoms with van der Waals surface area (Å²) in [7, 11) is 0. The first-order chi connectivity index (χ1) is 23.8. The average Bonchev–Trinajstić information content (AvgIpc) is 3.38. The third kappa shape index (κ3) is 8.00. The van der Waals surface area contributed by atoms with Crippen LogP contribution in [-0.4, -0.2) is 103 Å². The van der Waals surface area contributed by atoms with Gasteiger partial charge in [0.05, 0.1) is 6.04 Å². The van der Waals surface area contributed by atoms with Crippen molar-refractivity contribution in [2.24, 2.45) is 5.92 Å². The van der Waals surface area contributed by atoms with Crippen LogP contribution >= 0.6 is 0 Å². The Balaban J connectivity index is 1.52. The van der Waals surface area contributed by atoms with Crippen molar-refractivity contribution in [2.45, 2.75) is 109 Å². The van der Waals surface area contributed by atoms with Crippen LogP contribution in [0, 0.1) is 5.92 Å². The molecular weight excluding hydrogens is 642 g/mol. The summed E-state index contributed by atoms with van der Waals surface area (Å²) in [6.45, 7) is 9.89. The lowest BCUT2D eigenvalue weighted by molar-refractivity contribution is -0.145. The Morgan fingerprint density at radius 3 is 2.46 bits per heavy atom. The smallest absolute Gasteiger partial charge is 0.408 e. The number of allylic oxidation sites excluding steroid dienone is 1. The van der Waals surface area contributed by atoms with Gasteiger partial charge in [-0.2, -0.15) is 9.90 Å². The first-order valence-corrected chi connectivity index (χ1v) is 17.6. The summed E-state index contributed by atoms with van der Waals surface area (Å²) in [6.07, 6.45) is 6.65. The Hall–Kier alpha value is -4.75. The predicted octanol–water partition coefficient (Wildman–Crippen LogP) is 3.94. The van der Waals surface area contributed by atoms with Crippen LogP contribution in [-0.2, 0) is 19.1 Å². The number of carboxylic acids is 1. The number of ether oxygens (including phenoxy) is 1. The zero-order valence-corrected chi connectivity index (χ0v) is 29.6. The van der Waals surface area contributed by atoms with E-state index in [9.17, 15) is 29.1 Å². The van der Waals surface area contributed by atoms with Gasteiger partial charge in [0, 0.05) is 37.5 Å². The van der Waals surface area contributed by atoms with Gasteiger partial charge in [0.1, 0.15) is 28.9 Å². The quantitative estimate of drug-likeness (QED) is 0.363. The second kappa shape index (κ2) is 15.0. The van der Waals surface area contributed by atoms with E-state index in [1.807, 2.05) is 56.3 Å². The van der Waals surface area contributed by atoms with Gasteiger partial charge in [-0.05, 0) is 60.3 Å². The molecule has 3 heterocycles. The van der Waals surface area contributed by atoms with Crippen LogP contribution in [0.15, 0.2) is 42.5 Å². The summed E-state index contributed by atoms with van der Waals surface area (Å²) < 4.78 is 5.48. The van der Waals surface area contributed by atoms with E-state index in [1.165, 1.54) is 9.70 Å². The highest BCUT2D eigenvalue weighted by Gasteiger charge is 2.61. The van der Waals surface area contributed by atoms with Gasteiger partial charge in [0.2, 0.25) is 11.8 Å². The number of aromatic nitrogens is 3. The lowest BCUT2D eigenvalue weighted by Gasteiger charge is -2.30. The monoisotopic (exact) mass is 691 g/mol. The minimum atomic E-state index is -1.47. The highest BCUT2D eigenvalue weighted by atomic mass is 16.6. The highest BCUT2D eigenvalue weighted by molar-refractivity contribution is 5.98. The van der Waals surface area contributed by atoms with Crippen LogP contribution in [0.4, 0.5) is 4.79 Å². The van der Waals surface area contributed by atoms with E-state index < -0.39 is 53.1 Å². The maximum atomic E-state index is 14.4. The van der Waals surface area contributed by atoms with Crippen LogP contribution in [0.1, 0.15) is 96.1 Å². The number of hydrogen-bond acceptors (Lipinski definition) is 8. The molecule has 0 spiro atoms. The zero-order chi connectivity index (χ0) is 36.2. The van der Waals surface area contributed by atoms with E-state index in [0.29, 0.717) is 37.2 Å². The van der Waals surface area contributed by atoms with Crippen LogP contribution < -0.4 is 10.6 Å². The molecule has 1 aromatic heterocycles. The molecule has 4 unspecified atom stereocenters. The van der Waals surface area contributed by atoms with Crippen LogP contribution in [0.3, 0.4) is 0 Å². The van der Waals surface area contributed by atoms with Crippen LogP contribution in [0.25, 0.3) is 11.3 Å². The number of fused-ring (bicyclic) bond motifs is 2. The lowest BCUT2D eigenvalue weighted by atomic mass is 10.0. The molecular formula is C36H49N7O7. The Labute approximate surface area is 292 Å². The summed E-state index contributed by atoms with van der Waals surface area (Å²) in [5.41, 5.74) is -1.04. The number of benzene rings is 1. The van der Waals surface area contributed by atoms with Crippen molar-refractivity contribution in [3.63, 3.8) is 0 Å². The number of carboxylic acid groups (broad SMARTS) is 1. The molecule has 2 fully saturated rings. The second-order valence-corrected chi connectivity index (χ2v) is 14.3. The molecule has 2 aliphatic heterocycles. The fourth-order valence-electron chi connectivity index (χ4n) is 6.78. The average molecular weight is 692 g/mol. The van der Waals surface area contributed by atoms with Crippen molar-refractivity contribution in [2.75, 3.05) is 19.6 Å². The number of hydrogen-bond donors (Lipinski definition) is 3. The molecule has 0 bridgehead atoms. The van der Waals surface area contributed by atoms with Gasteiger partial charge in [-0.15, -0.1) is 5.10 Å². The number of rotatable bonds is 7. The van der Waals surface area contributed by atoms with E-state index >= 15 is 0 Å².